The number of hydrogen-bond acceptors (Lipinski definition) is 2. The quantitative estimate of drug-likeness (QED) is 0.700. The van der Waals surface area contributed by atoms with E-state index >= 15 is 0 Å². The first-order valence-corrected chi connectivity index (χ1v) is 4.53. The zero-order chi connectivity index (χ0) is 9.90. The first kappa shape index (κ1) is 10.8. The van der Waals surface area contributed by atoms with Gasteiger partial charge in [-0.25, -0.2) is 0 Å². The SMILES string of the molecule is N[C@H]1CC[C@H](NCC(F)(F)F)CC1. The van der Waals surface area contributed by atoms with Gasteiger partial charge in [0.1, 0.15) is 0 Å². The van der Waals surface area contributed by atoms with Crippen molar-refractivity contribution in [2.45, 2.75) is 43.9 Å². The summed E-state index contributed by atoms with van der Waals surface area (Å²) in [5, 5.41) is 2.50. The van der Waals surface area contributed by atoms with Crippen LogP contribution >= 0.6 is 0 Å². The molecule has 0 aromatic carbocycles. The van der Waals surface area contributed by atoms with Crippen LogP contribution < -0.4 is 11.1 Å². The molecule has 0 aromatic rings. The molecule has 0 heterocycles. The van der Waals surface area contributed by atoms with Crippen LogP contribution in [0.15, 0.2) is 0 Å². The minimum absolute atomic E-state index is 0.00132. The van der Waals surface area contributed by atoms with Gasteiger partial charge in [-0.15, -0.1) is 0 Å². The Balaban J connectivity index is 2.16. The maximum atomic E-state index is 11.8. The predicted molar refractivity (Wildman–Crippen MR) is 44.3 cm³/mol. The van der Waals surface area contributed by atoms with Crippen molar-refractivity contribution in [2.24, 2.45) is 5.73 Å². The fraction of sp³-hybridized carbons (Fsp3) is 1.00. The van der Waals surface area contributed by atoms with Crippen molar-refractivity contribution in [3.8, 4) is 0 Å². The van der Waals surface area contributed by atoms with Crippen LogP contribution in [0.1, 0.15) is 25.7 Å². The van der Waals surface area contributed by atoms with Gasteiger partial charge in [-0.2, -0.15) is 13.2 Å². The first-order valence-electron chi connectivity index (χ1n) is 4.53. The van der Waals surface area contributed by atoms with Gasteiger partial charge in [0.25, 0.3) is 0 Å². The van der Waals surface area contributed by atoms with Gasteiger partial charge >= 0.3 is 6.18 Å². The molecule has 0 aliphatic heterocycles. The monoisotopic (exact) mass is 196 g/mol. The van der Waals surface area contributed by atoms with E-state index in [-0.39, 0.29) is 12.1 Å². The van der Waals surface area contributed by atoms with Gasteiger partial charge in [-0.05, 0) is 25.7 Å². The molecule has 0 saturated heterocycles. The Morgan fingerprint density at radius 2 is 1.69 bits per heavy atom. The van der Waals surface area contributed by atoms with Gasteiger partial charge in [0.05, 0.1) is 6.54 Å². The second kappa shape index (κ2) is 4.28. The number of rotatable bonds is 2. The highest BCUT2D eigenvalue weighted by molar-refractivity contribution is 4.79. The molecule has 78 valence electrons. The molecule has 0 unspecified atom stereocenters. The maximum absolute atomic E-state index is 11.8. The van der Waals surface area contributed by atoms with Gasteiger partial charge in [-0.1, -0.05) is 0 Å². The lowest BCUT2D eigenvalue weighted by Gasteiger charge is -2.27. The minimum Gasteiger partial charge on any atom is -0.328 e. The molecule has 0 atom stereocenters. The lowest BCUT2D eigenvalue weighted by molar-refractivity contribution is -0.126. The summed E-state index contributed by atoms with van der Waals surface area (Å²) in [6.45, 7) is -0.882. The Hall–Kier alpha value is -0.290. The second-order valence-electron chi connectivity index (χ2n) is 3.61. The molecular formula is C8H15F3N2. The Labute approximate surface area is 75.7 Å². The number of hydrogen-bond donors (Lipinski definition) is 2. The Morgan fingerprint density at radius 3 is 2.15 bits per heavy atom. The van der Waals surface area contributed by atoms with Crippen LogP contribution in [0.3, 0.4) is 0 Å². The van der Waals surface area contributed by atoms with Crippen LogP contribution in [0.5, 0.6) is 0 Å². The van der Waals surface area contributed by atoms with Crippen molar-refractivity contribution in [1.82, 2.24) is 5.32 Å². The lowest BCUT2D eigenvalue weighted by Crippen LogP contribution is -2.41. The minimum atomic E-state index is -4.10. The molecule has 2 nitrogen and oxygen atoms in total. The van der Waals surface area contributed by atoms with E-state index in [2.05, 4.69) is 5.32 Å². The van der Waals surface area contributed by atoms with Gasteiger partial charge in [0.15, 0.2) is 0 Å². The Morgan fingerprint density at radius 1 is 1.15 bits per heavy atom. The molecule has 1 aliphatic rings. The molecule has 0 bridgehead atoms. The Bertz CT molecular complexity index is 150. The molecule has 5 heteroatoms. The molecule has 0 amide bonds. The third kappa shape index (κ3) is 4.47. The van der Waals surface area contributed by atoms with Crippen molar-refractivity contribution < 1.29 is 13.2 Å². The largest absolute Gasteiger partial charge is 0.401 e. The van der Waals surface area contributed by atoms with Gasteiger partial charge in [0, 0.05) is 12.1 Å². The average Bonchev–Trinajstić information content (AvgIpc) is 2.02. The fourth-order valence-electron chi connectivity index (χ4n) is 1.58. The molecule has 1 aliphatic carbocycles. The standard InChI is InChI=1S/C8H15F3N2/c9-8(10,11)5-13-7-3-1-6(12)2-4-7/h6-7,13H,1-5,12H2/t6-,7-. The van der Waals surface area contributed by atoms with E-state index in [1.165, 1.54) is 0 Å². The third-order valence-corrected chi connectivity index (χ3v) is 2.36. The molecule has 1 rings (SSSR count). The predicted octanol–water partition coefficient (Wildman–Crippen LogP) is 1.41. The molecule has 0 spiro atoms. The van der Waals surface area contributed by atoms with E-state index in [4.69, 9.17) is 5.73 Å². The third-order valence-electron chi connectivity index (χ3n) is 2.36. The van der Waals surface area contributed by atoms with E-state index in [0.29, 0.717) is 0 Å². The zero-order valence-electron chi connectivity index (χ0n) is 7.40. The second-order valence-corrected chi connectivity index (χ2v) is 3.61. The normalized spacial score (nSPS) is 30.5. The molecule has 13 heavy (non-hydrogen) atoms. The van der Waals surface area contributed by atoms with Crippen LogP contribution in [0.25, 0.3) is 0 Å². The summed E-state index contributed by atoms with van der Waals surface area (Å²) in [6, 6.07) is 0.186. The van der Waals surface area contributed by atoms with Crippen molar-refractivity contribution in [3.63, 3.8) is 0 Å². The van der Waals surface area contributed by atoms with Crippen molar-refractivity contribution in [3.05, 3.63) is 0 Å². The molecule has 3 N–H and O–H groups in total. The highest BCUT2D eigenvalue weighted by Crippen LogP contribution is 2.19. The zero-order valence-corrected chi connectivity index (χ0v) is 7.40. The van der Waals surface area contributed by atoms with Crippen LogP contribution in [0, 0.1) is 0 Å². The summed E-state index contributed by atoms with van der Waals surface area (Å²) in [6.07, 6.45) is -0.918. The molecular weight excluding hydrogens is 181 g/mol. The summed E-state index contributed by atoms with van der Waals surface area (Å²) in [4.78, 5) is 0. The average molecular weight is 196 g/mol. The first-order chi connectivity index (χ1) is 5.97. The van der Waals surface area contributed by atoms with E-state index < -0.39 is 12.7 Å². The highest BCUT2D eigenvalue weighted by Gasteiger charge is 2.28. The number of nitrogens with one attached hydrogen (secondary N) is 1. The molecule has 0 aromatic heterocycles. The summed E-state index contributed by atoms with van der Waals surface area (Å²) in [5.74, 6) is 0. The number of halogens is 3. The topological polar surface area (TPSA) is 38.0 Å². The summed E-state index contributed by atoms with van der Waals surface area (Å²) in [7, 11) is 0. The van der Waals surface area contributed by atoms with Crippen LogP contribution in [-0.4, -0.2) is 24.8 Å². The van der Waals surface area contributed by atoms with Gasteiger partial charge in [0.2, 0.25) is 0 Å². The maximum Gasteiger partial charge on any atom is 0.401 e. The summed E-state index contributed by atoms with van der Waals surface area (Å²) >= 11 is 0. The van der Waals surface area contributed by atoms with E-state index in [1.807, 2.05) is 0 Å². The molecule has 0 radical (unpaired) electrons. The molecule has 1 saturated carbocycles. The smallest absolute Gasteiger partial charge is 0.328 e. The van der Waals surface area contributed by atoms with E-state index in [0.717, 1.165) is 25.7 Å². The summed E-state index contributed by atoms with van der Waals surface area (Å²) in [5.41, 5.74) is 5.63. The van der Waals surface area contributed by atoms with Crippen molar-refractivity contribution in [2.75, 3.05) is 6.54 Å². The Kier molecular flexibility index (Phi) is 3.55. The van der Waals surface area contributed by atoms with E-state index in [1.54, 1.807) is 0 Å². The number of nitrogens with two attached hydrogens (primary N) is 1. The molecule has 1 fully saturated rings. The van der Waals surface area contributed by atoms with Crippen molar-refractivity contribution >= 4 is 0 Å². The van der Waals surface area contributed by atoms with E-state index in [9.17, 15) is 13.2 Å². The lowest BCUT2D eigenvalue weighted by atomic mass is 9.92. The van der Waals surface area contributed by atoms with Crippen molar-refractivity contribution in [1.29, 1.82) is 0 Å². The van der Waals surface area contributed by atoms with Crippen LogP contribution in [0.4, 0.5) is 13.2 Å². The van der Waals surface area contributed by atoms with Gasteiger partial charge < -0.3 is 11.1 Å². The fourth-order valence-corrected chi connectivity index (χ4v) is 1.58. The highest BCUT2D eigenvalue weighted by atomic mass is 19.4. The summed E-state index contributed by atoms with van der Waals surface area (Å²) < 4.78 is 35.4. The van der Waals surface area contributed by atoms with Crippen LogP contribution in [0.2, 0.25) is 0 Å². The van der Waals surface area contributed by atoms with Gasteiger partial charge in [-0.3, -0.25) is 0 Å². The number of alkyl halides is 3. The van der Waals surface area contributed by atoms with Crippen LogP contribution in [-0.2, 0) is 0 Å².